The van der Waals surface area contributed by atoms with Gasteiger partial charge in [-0.15, -0.1) is 23.1 Å². The molecule has 0 N–H and O–H groups in total. The molecule has 0 aliphatic carbocycles. The van der Waals surface area contributed by atoms with E-state index < -0.39 is 0 Å². The molecule has 198 valence electrons. The molecule has 6 nitrogen and oxygen atoms in total. The molecule has 4 aromatic carbocycles. The second kappa shape index (κ2) is 11.0. The van der Waals surface area contributed by atoms with Crippen molar-refractivity contribution in [3.8, 4) is 16.9 Å². The Kier molecular flexibility index (Phi) is 7.11. The van der Waals surface area contributed by atoms with Crippen molar-refractivity contribution in [2.75, 3.05) is 6.26 Å². The van der Waals surface area contributed by atoms with Crippen LogP contribution in [0.15, 0.2) is 122 Å². The number of thioether (sulfide) groups is 1. The zero-order valence-corrected chi connectivity index (χ0v) is 24.0. The number of hydrogen-bond acceptors (Lipinski definition) is 5. The van der Waals surface area contributed by atoms with Crippen molar-refractivity contribution in [3.05, 3.63) is 129 Å². The van der Waals surface area contributed by atoms with Crippen LogP contribution in [0, 0.1) is 6.92 Å². The van der Waals surface area contributed by atoms with Crippen molar-refractivity contribution in [1.29, 1.82) is 0 Å². The number of nitrogens with zero attached hydrogens (tertiary/aromatic N) is 5. The summed E-state index contributed by atoms with van der Waals surface area (Å²) >= 11 is 3.17. The molecule has 0 spiro atoms. The van der Waals surface area contributed by atoms with Crippen molar-refractivity contribution in [1.82, 2.24) is 14.0 Å². The van der Waals surface area contributed by atoms with E-state index in [1.165, 1.54) is 16.2 Å². The van der Waals surface area contributed by atoms with Gasteiger partial charge in [-0.3, -0.25) is 9.48 Å². The van der Waals surface area contributed by atoms with Crippen LogP contribution in [0.3, 0.4) is 0 Å². The maximum atomic E-state index is 13.6. The van der Waals surface area contributed by atoms with Crippen molar-refractivity contribution >= 4 is 45.8 Å². The summed E-state index contributed by atoms with van der Waals surface area (Å²) in [4.78, 5) is 20.4. The summed E-state index contributed by atoms with van der Waals surface area (Å²) in [6.07, 6.45) is 3.90. The van der Waals surface area contributed by atoms with E-state index in [9.17, 15) is 4.79 Å². The van der Waals surface area contributed by atoms with Gasteiger partial charge in [0.25, 0.3) is 5.56 Å². The van der Waals surface area contributed by atoms with E-state index in [0.29, 0.717) is 10.5 Å². The van der Waals surface area contributed by atoms with Crippen molar-refractivity contribution in [2.45, 2.75) is 11.8 Å². The Balaban J connectivity index is 1.56. The first-order valence-electron chi connectivity index (χ1n) is 12.8. The minimum atomic E-state index is -0.172. The number of aromatic nitrogens is 3. The van der Waals surface area contributed by atoms with Gasteiger partial charge >= 0.3 is 0 Å². The zero-order chi connectivity index (χ0) is 27.6. The first-order valence-corrected chi connectivity index (χ1v) is 14.9. The number of fused-ring (bicyclic) bond motifs is 1. The molecule has 0 amide bonds. The normalized spacial score (nSPS) is 12.1. The number of thiazole rings is 1. The quantitative estimate of drug-likeness (QED) is 0.162. The van der Waals surface area contributed by atoms with Crippen LogP contribution in [0.1, 0.15) is 11.3 Å². The molecule has 0 fully saturated rings. The number of para-hydroxylation sites is 1. The topological polar surface area (TPSA) is 56.6 Å². The molecule has 0 aliphatic heterocycles. The van der Waals surface area contributed by atoms with Crippen LogP contribution in [0.5, 0.6) is 0 Å². The molecular weight excluding hydrogens is 535 g/mol. The Morgan fingerprint density at radius 3 is 2.38 bits per heavy atom. The molecule has 8 heteroatoms. The Labute approximate surface area is 240 Å². The highest BCUT2D eigenvalue weighted by Crippen LogP contribution is 2.29. The Morgan fingerprint density at radius 1 is 0.875 bits per heavy atom. The van der Waals surface area contributed by atoms with E-state index in [2.05, 4.69) is 66.2 Å². The molecule has 40 heavy (non-hydrogen) atoms. The third-order valence-corrected chi connectivity index (χ3v) is 8.48. The average molecular weight is 562 g/mol. The Morgan fingerprint density at radius 2 is 1.60 bits per heavy atom. The smallest absolute Gasteiger partial charge is 0.283 e. The van der Waals surface area contributed by atoms with E-state index in [0.717, 1.165) is 39.0 Å². The molecule has 2 heterocycles. The summed E-state index contributed by atoms with van der Waals surface area (Å²) in [5, 5.41) is 9.24. The monoisotopic (exact) mass is 561 g/mol. The molecule has 0 bridgehead atoms. The zero-order valence-electron chi connectivity index (χ0n) is 22.4. The fraction of sp³-hybridized carbons (Fsp3) is 0.0938. The van der Waals surface area contributed by atoms with E-state index in [1.807, 2.05) is 72.0 Å². The van der Waals surface area contributed by atoms with E-state index in [1.54, 1.807) is 16.4 Å². The van der Waals surface area contributed by atoms with Crippen molar-refractivity contribution in [2.24, 2.45) is 17.1 Å². The van der Waals surface area contributed by atoms with Gasteiger partial charge in [0.15, 0.2) is 5.69 Å². The fourth-order valence-electron chi connectivity index (χ4n) is 4.72. The highest BCUT2D eigenvalue weighted by Gasteiger charge is 2.17. The maximum absolute atomic E-state index is 13.6. The van der Waals surface area contributed by atoms with Crippen LogP contribution >= 0.6 is 23.1 Å². The van der Waals surface area contributed by atoms with E-state index >= 15 is 0 Å². The van der Waals surface area contributed by atoms with Crippen molar-refractivity contribution < 1.29 is 0 Å². The van der Waals surface area contributed by atoms with E-state index in [4.69, 9.17) is 10.1 Å². The maximum Gasteiger partial charge on any atom is 0.297 e. The number of benzene rings is 4. The third-order valence-electron chi connectivity index (χ3n) is 6.92. The summed E-state index contributed by atoms with van der Waals surface area (Å²) in [5.41, 5.74) is 4.74. The Hall–Kier alpha value is -4.40. The van der Waals surface area contributed by atoms with Gasteiger partial charge in [0, 0.05) is 22.9 Å². The predicted octanol–water partition coefficient (Wildman–Crippen LogP) is 7.00. The Bertz CT molecular complexity index is 1970. The number of hydrogen-bond donors (Lipinski definition) is 0. The molecule has 6 aromatic rings. The lowest BCUT2D eigenvalue weighted by Gasteiger charge is -2.08. The minimum absolute atomic E-state index is 0.172. The lowest BCUT2D eigenvalue weighted by atomic mass is 10.0. The summed E-state index contributed by atoms with van der Waals surface area (Å²) in [7, 11) is 1.88. The van der Waals surface area contributed by atoms with Gasteiger partial charge in [0.05, 0.1) is 23.3 Å². The van der Waals surface area contributed by atoms with E-state index in [-0.39, 0.29) is 5.56 Å². The largest absolute Gasteiger partial charge is 0.297 e. The first-order chi connectivity index (χ1) is 19.5. The first kappa shape index (κ1) is 25.9. The molecule has 0 unspecified atom stereocenters. The molecule has 0 aliphatic rings. The van der Waals surface area contributed by atoms with Crippen LogP contribution in [0.2, 0.25) is 0 Å². The fourth-order valence-corrected chi connectivity index (χ4v) is 5.96. The molecular formula is C32H27N5OS2. The second-order valence-corrected chi connectivity index (χ2v) is 11.0. The van der Waals surface area contributed by atoms with Crippen LogP contribution < -0.4 is 10.4 Å². The SMILES string of the molecule is CSc1ccc(C=Nn2c(-c3cccc4ccccc34)csc2=Nc2c(C)n(C)n(-c3ccccc3)c2=O)cc1. The summed E-state index contributed by atoms with van der Waals surface area (Å²) < 4.78 is 5.33. The standard InChI is InChI=1S/C32H27N5OS2/c1-22-30(31(38)37(35(22)2)25-12-5-4-6-13-25)34-32-36(33-20-23-16-18-26(39-3)19-17-23)29(21-40-32)28-15-9-11-24-10-7-8-14-27(24)28/h4-21H,1-3H3. The highest BCUT2D eigenvalue weighted by atomic mass is 32.2. The molecule has 0 saturated heterocycles. The average Bonchev–Trinajstić information content (AvgIpc) is 3.49. The van der Waals surface area contributed by atoms with Gasteiger partial charge in [-0.05, 0) is 53.8 Å². The van der Waals surface area contributed by atoms with Crippen LogP contribution in [0.25, 0.3) is 27.7 Å². The summed E-state index contributed by atoms with van der Waals surface area (Å²) in [6, 6.07) is 32.5. The van der Waals surface area contributed by atoms with Crippen LogP contribution in [-0.2, 0) is 7.05 Å². The molecule has 2 aromatic heterocycles. The summed E-state index contributed by atoms with van der Waals surface area (Å²) in [6.45, 7) is 1.92. The van der Waals surface area contributed by atoms with Gasteiger partial charge in [-0.1, -0.05) is 72.8 Å². The third kappa shape index (κ3) is 4.76. The molecule has 6 rings (SSSR count). The highest BCUT2D eigenvalue weighted by molar-refractivity contribution is 7.98. The molecule has 0 saturated carbocycles. The van der Waals surface area contributed by atoms with Crippen LogP contribution in [0.4, 0.5) is 5.69 Å². The van der Waals surface area contributed by atoms with Gasteiger partial charge in [-0.25, -0.2) is 14.4 Å². The lowest BCUT2D eigenvalue weighted by Crippen LogP contribution is -2.19. The lowest BCUT2D eigenvalue weighted by molar-refractivity contribution is 0.630. The second-order valence-electron chi connectivity index (χ2n) is 9.28. The molecule has 0 radical (unpaired) electrons. The van der Waals surface area contributed by atoms with Gasteiger partial charge in [-0.2, -0.15) is 5.10 Å². The summed E-state index contributed by atoms with van der Waals surface area (Å²) in [5.74, 6) is 0. The van der Waals surface area contributed by atoms with Gasteiger partial charge in [0.1, 0.15) is 0 Å². The van der Waals surface area contributed by atoms with Gasteiger partial charge < -0.3 is 0 Å². The molecule has 0 atom stereocenters. The number of rotatable bonds is 6. The van der Waals surface area contributed by atoms with Gasteiger partial charge in [0.2, 0.25) is 4.80 Å². The van der Waals surface area contributed by atoms with Crippen LogP contribution in [-0.4, -0.2) is 26.5 Å². The minimum Gasteiger partial charge on any atom is -0.283 e. The predicted molar refractivity (Wildman–Crippen MR) is 167 cm³/mol. The van der Waals surface area contributed by atoms with Crippen molar-refractivity contribution in [3.63, 3.8) is 0 Å².